The second-order valence-corrected chi connectivity index (χ2v) is 14.8. The zero-order chi connectivity index (χ0) is 26.9. The van der Waals surface area contributed by atoms with Crippen LogP contribution in [0.4, 0.5) is 5.69 Å². The summed E-state index contributed by atoms with van der Waals surface area (Å²) in [5.74, 6) is 0.671. The molecule has 0 amide bonds. The summed E-state index contributed by atoms with van der Waals surface area (Å²) in [7, 11) is 1.25. The summed E-state index contributed by atoms with van der Waals surface area (Å²) >= 11 is 6.00. The molecule has 6 heteroatoms. The van der Waals surface area contributed by atoms with Crippen molar-refractivity contribution in [3.8, 4) is 22.3 Å². The largest absolute Gasteiger partial charge is 0.474 e. The van der Waals surface area contributed by atoms with Crippen LogP contribution in [-0.2, 0) is 15.6 Å². The van der Waals surface area contributed by atoms with Gasteiger partial charge in [-0.05, 0) is 24.0 Å². The van der Waals surface area contributed by atoms with Gasteiger partial charge in [0.05, 0.1) is 11.2 Å². The van der Waals surface area contributed by atoms with Gasteiger partial charge in [0.1, 0.15) is 12.3 Å². The van der Waals surface area contributed by atoms with Crippen LogP contribution in [-0.4, -0.2) is 23.8 Å². The molecule has 0 N–H and O–H groups in total. The molecule has 1 aliphatic carbocycles. The molecule has 2 aliphatic rings. The van der Waals surface area contributed by atoms with Crippen LogP contribution in [0, 0.1) is 0 Å². The molecule has 1 aliphatic heterocycles. The molecular formula is C33H30Br2N2NiO. The fourth-order valence-corrected chi connectivity index (χ4v) is 5.38. The first-order chi connectivity index (χ1) is 19.2. The number of rotatable bonds is 5. The molecule has 202 valence electrons. The second kappa shape index (κ2) is 13.7. The van der Waals surface area contributed by atoms with Gasteiger partial charge >= 0.3 is 39.3 Å². The van der Waals surface area contributed by atoms with E-state index in [0.29, 0.717) is 12.5 Å². The number of hydrogen-bond acceptors (Lipinski definition) is 3. The van der Waals surface area contributed by atoms with Gasteiger partial charge < -0.3 is 4.74 Å². The summed E-state index contributed by atoms with van der Waals surface area (Å²) < 4.78 is 6.35. The number of hydrogen-bond donors (Lipinski definition) is 0. The molecule has 4 aromatic carbocycles. The van der Waals surface area contributed by atoms with Gasteiger partial charge in [-0.15, -0.1) is 0 Å². The Balaban J connectivity index is 0.000000983. The van der Waals surface area contributed by atoms with E-state index < -0.39 is 0 Å². The van der Waals surface area contributed by atoms with Crippen molar-refractivity contribution in [3.63, 3.8) is 0 Å². The number of benzene rings is 4. The van der Waals surface area contributed by atoms with Gasteiger partial charge in [0.2, 0.25) is 5.90 Å². The zero-order valence-corrected chi connectivity index (χ0v) is 25.7. The van der Waals surface area contributed by atoms with Gasteiger partial charge in [0.15, 0.2) is 0 Å². The molecule has 1 spiro atoms. The molecule has 0 bridgehead atoms. The van der Waals surface area contributed by atoms with Crippen LogP contribution >= 0.6 is 28.5 Å². The molecule has 1 fully saturated rings. The van der Waals surface area contributed by atoms with Gasteiger partial charge in [-0.1, -0.05) is 128 Å². The minimum atomic E-state index is -0.0929. The maximum Gasteiger partial charge on any atom is 0.236 e. The van der Waals surface area contributed by atoms with E-state index in [-0.39, 0.29) is 5.54 Å². The summed E-state index contributed by atoms with van der Waals surface area (Å²) in [6, 6.07) is 37.8. The third-order valence-corrected chi connectivity index (χ3v) is 7.28. The van der Waals surface area contributed by atoms with E-state index >= 15 is 0 Å². The van der Waals surface area contributed by atoms with Crippen LogP contribution in [0.1, 0.15) is 37.7 Å². The number of halogens is 2. The SMILES string of the molecule is [Br][Ni][Br].c1ccc(C(=Nc2c(-c3ccccc3)cccc2-c2ccccc2)C2=NC3(CCCCC3)CO2)cc1. The van der Waals surface area contributed by atoms with Crippen LogP contribution in [0.25, 0.3) is 22.3 Å². The van der Waals surface area contributed by atoms with Crippen molar-refractivity contribution in [2.24, 2.45) is 9.98 Å². The molecule has 39 heavy (non-hydrogen) atoms. The van der Waals surface area contributed by atoms with Gasteiger partial charge in [-0.2, -0.15) is 0 Å². The molecular weight excluding hydrogens is 659 g/mol. The summed E-state index contributed by atoms with van der Waals surface area (Å²) in [5, 5.41) is 0. The van der Waals surface area contributed by atoms with E-state index in [1.54, 1.807) is 0 Å². The third-order valence-electron chi connectivity index (χ3n) is 7.28. The first kappa shape index (κ1) is 28.0. The first-order valence-electron chi connectivity index (χ1n) is 13.2. The number of nitrogens with zero attached hydrogens (tertiary/aromatic N) is 2. The molecule has 0 radical (unpaired) electrons. The number of aliphatic imine (C=N–C) groups is 2. The molecule has 6 rings (SSSR count). The van der Waals surface area contributed by atoms with E-state index in [4.69, 9.17) is 14.7 Å². The average Bonchev–Trinajstić information content (AvgIpc) is 3.40. The van der Waals surface area contributed by atoms with Crippen molar-refractivity contribution in [2.75, 3.05) is 6.61 Å². The summed E-state index contributed by atoms with van der Waals surface area (Å²) in [5.41, 5.74) is 7.13. The van der Waals surface area contributed by atoms with Crippen LogP contribution in [0.2, 0.25) is 0 Å². The quantitative estimate of drug-likeness (QED) is 0.152. The Labute approximate surface area is 251 Å². The van der Waals surface area contributed by atoms with Gasteiger partial charge in [0, 0.05) is 16.7 Å². The van der Waals surface area contributed by atoms with Crippen LogP contribution in [0.3, 0.4) is 0 Å². The number of para-hydroxylation sites is 1. The molecule has 0 saturated heterocycles. The fraction of sp³-hybridized carbons (Fsp3) is 0.212. The fourth-order valence-electron chi connectivity index (χ4n) is 5.38. The standard InChI is InChI=1S/C33H30N2O.2BrH.Ni/c1-5-14-25(15-6-1)28-20-13-21-29(26-16-7-2-8-17-26)31(28)34-30(27-18-9-3-10-19-27)32-35-33(24-36-32)22-11-4-12-23-33;;;/h1-3,5-10,13-21H,4,11-12,22-24H2;2*1H;/q;;;+2/p-2. The van der Waals surface area contributed by atoms with Crippen molar-refractivity contribution in [1.82, 2.24) is 0 Å². The Hall–Kier alpha value is -2.53. The smallest absolute Gasteiger partial charge is 0.236 e. The predicted octanol–water partition coefficient (Wildman–Crippen LogP) is 9.96. The van der Waals surface area contributed by atoms with Crippen molar-refractivity contribution < 1.29 is 15.6 Å². The van der Waals surface area contributed by atoms with Gasteiger partial charge in [-0.25, -0.2) is 9.98 Å². The Kier molecular flexibility index (Phi) is 9.84. The maximum atomic E-state index is 6.35. The Morgan fingerprint density at radius 2 is 1.21 bits per heavy atom. The van der Waals surface area contributed by atoms with E-state index in [2.05, 4.69) is 119 Å². The van der Waals surface area contributed by atoms with Crippen molar-refractivity contribution >= 4 is 45.7 Å². The topological polar surface area (TPSA) is 34.0 Å². The normalized spacial score (nSPS) is 16.3. The summed E-state index contributed by atoms with van der Waals surface area (Å²) in [6.07, 6.45) is 5.90. The molecule has 1 saturated carbocycles. The van der Waals surface area contributed by atoms with Crippen molar-refractivity contribution in [3.05, 3.63) is 115 Å². The summed E-state index contributed by atoms with van der Waals surface area (Å²) in [4.78, 5) is 10.6. The molecule has 1 heterocycles. The Morgan fingerprint density at radius 1 is 0.692 bits per heavy atom. The third kappa shape index (κ3) is 6.80. The molecule has 0 unspecified atom stereocenters. The Morgan fingerprint density at radius 3 is 1.74 bits per heavy atom. The second-order valence-electron chi connectivity index (χ2n) is 9.80. The first-order valence-corrected chi connectivity index (χ1v) is 18.0. The molecule has 3 nitrogen and oxygen atoms in total. The van der Waals surface area contributed by atoms with E-state index in [1.807, 2.05) is 18.2 Å². The van der Waals surface area contributed by atoms with E-state index in [9.17, 15) is 0 Å². The van der Waals surface area contributed by atoms with Crippen LogP contribution < -0.4 is 0 Å². The minimum Gasteiger partial charge on any atom is -0.474 e. The number of ether oxygens (including phenoxy) is 1. The van der Waals surface area contributed by atoms with Crippen molar-refractivity contribution in [1.29, 1.82) is 0 Å². The zero-order valence-electron chi connectivity index (χ0n) is 21.5. The van der Waals surface area contributed by atoms with Crippen molar-refractivity contribution in [2.45, 2.75) is 37.6 Å². The molecule has 0 aromatic heterocycles. The summed E-state index contributed by atoms with van der Waals surface area (Å²) in [6.45, 7) is 0.653. The van der Waals surface area contributed by atoms with Gasteiger partial charge in [-0.3, -0.25) is 0 Å². The van der Waals surface area contributed by atoms with E-state index in [0.717, 1.165) is 52.1 Å². The monoisotopic (exact) mass is 686 g/mol. The predicted molar refractivity (Wildman–Crippen MR) is 167 cm³/mol. The molecule has 0 atom stereocenters. The minimum absolute atomic E-state index is 0.0929. The molecule has 4 aromatic rings. The van der Waals surface area contributed by atoms with E-state index in [1.165, 1.54) is 30.2 Å². The average molecular weight is 689 g/mol. The Bertz CT molecular complexity index is 1360. The van der Waals surface area contributed by atoms with Crippen LogP contribution in [0.15, 0.2) is 119 Å². The van der Waals surface area contributed by atoms with Gasteiger partial charge in [0.25, 0.3) is 0 Å². The van der Waals surface area contributed by atoms with Crippen LogP contribution in [0.5, 0.6) is 0 Å². The maximum absolute atomic E-state index is 6.35.